The van der Waals surface area contributed by atoms with E-state index in [-0.39, 0.29) is 11.6 Å². The van der Waals surface area contributed by atoms with E-state index in [1.54, 1.807) is 37.2 Å². The standard InChI is InChI=1S/C28H31FN8O2/c1-16-6-21(29)20(28(38)31-19-4-5-19)7-23(16)37-14-22(32-33-37)24-9-30-27-8-26(39-3)25(15-36(24)27)35-12-17-10-34(2)11-18(17)13-35/h6-9,14-15,17-19H,4-5,10-13H2,1-3H3,(H,31,38)/t17-,18+. The van der Waals surface area contributed by atoms with E-state index in [0.29, 0.717) is 28.8 Å². The van der Waals surface area contributed by atoms with Gasteiger partial charge in [0.15, 0.2) is 0 Å². The Labute approximate surface area is 225 Å². The lowest BCUT2D eigenvalue weighted by atomic mass is 10.0. The maximum absolute atomic E-state index is 14.7. The molecule has 7 rings (SSSR count). The molecule has 2 aliphatic heterocycles. The number of anilines is 1. The summed E-state index contributed by atoms with van der Waals surface area (Å²) in [6.07, 6.45) is 7.49. The van der Waals surface area contributed by atoms with Gasteiger partial charge in [-0.3, -0.25) is 9.20 Å². The molecule has 2 saturated heterocycles. The molecule has 3 aromatic heterocycles. The molecule has 1 aromatic carbocycles. The molecule has 1 aliphatic carbocycles. The van der Waals surface area contributed by atoms with E-state index in [0.717, 1.165) is 61.8 Å². The minimum Gasteiger partial charge on any atom is -0.494 e. The van der Waals surface area contributed by atoms with Crippen LogP contribution in [0.25, 0.3) is 22.7 Å². The van der Waals surface area contributed by atoms with Crippen molar-refractivity contribution >= 4 is 17.2 Å². The molecule has 4 aromatic rings. The largest absolute Gasteiger partial charge is 0.494 e. The average molecular weight is 531 g/mol. The first-order valence-corrected chi connectivity index (χ1v) is 13.4. The molecule has 0 spiro atoms. The number of carbonyl (C=O) groups is 1. The van der Waals surface area contributed by atoms with Gasteiger partial charge >= 0.3 is 0 Å². The number of hydrogen-bond donors (Lipinski definition) is 1. The van der Waals surface area contributed by atoms with E-state index in [9.17, 15) is 9.18 Å². The molecule has 0 unspecified atom stereocenters. The third-order valence-electron chi connectivity index (χ3n) is 8.26. The van der Waals surface area contributed by atoms with Gasteiger partial charge in [0.1, 0.15) is 22.9 Å². The summed E-state index contributed by atoms with van der Waals surface area (Å²) < 4.78 is 24.0. The highest BCUT2D eigenvalue weighted by atomic mass is 19.1. The summed E-state index contributed by atoms with van der Waals surface area (Å²) in [5, 5.41) is 11.6. The zero-order valence-corrected chi connectivity index (χ0v) is 22.3. The van der Waals surface area contributed by atoms with Gasteiger partial charge in [-0.15, -0.1) is 5.10 Å². The van der Waals surface area contributed by atoms with Crippen LogP contribution in [0.3, 0.4) is 0 Å². The molecular weight excluding hydrogens is 499 g/mol. The molecule has 11 heteroatoms. The molecule has 1 N–H and O–H groups in total. The quantitative estimate of drug-likeness (QED) is 0.410. The number of rotatable bonds is 6. The number of imidazole rings is 1. The van der Waals surface area contributed by atoms with Crippen molar-refractivity contribution in [2.45, 2.75) is 25.8 Å². The maximum atomic E-state index is 14.7. The van der Waals surface area contributed by atoms with Gasteiger partial charge in [0, 0.05) is 44.5 Å². The van der Waals surface area contributed by atoms with Crippen molar-refractivity contribution in [2.24, 2.45) is 11.8 Å². The lowest BCUT2D eigenvalue weighted by Gasteiger charge is -2.23. The van der Waals surface area contributed by atoms with Crippen LogP contribution in [-0.2, 0) is 0 Å². The molecule has 0 bridgehead atoms. The van der Waals surface area contributed by atoms with Crippen molar-refractivity contribution in [2.75, 3.05) is 45.2 Å². The Hall–Kier alpha value is -3.99. The van der Waals surface area contributed by atoms with Crippen molar-refractivity contribution in [1.29, 1.82) is 0 Å². The van der Waals surface area contributed by atoms with Crippen LogP contribution < -0.4 is 15.0 Å². The highest BCUT2D eigenvalue weighted by Gasteiger charge is 2.39. The summed E-state index contributed by atoms with van der Waals surface area (Å²) in [6, 6.07) is 5.01. The summed E-state index contributed by atoms with van der Waals surface area (Å²) in [4.78, 5) is 22.0. The van der Waals surface area contributed by atoms with Gasteiger partial charge in [0.25, 0.3) is 5.91 Å². The number of nitrogens with zero attached hydrogens (tertiary/aromatic N) is 7. The number of likely N-dealkylation sites (tertiary alicyclic amines) is 1. The molecule has 1 amide bonds. The predicted molar refractivity (Wildman–Crippen MR) is 144 cm³/mol. The number of ether oxygens (including phenoxy) is 1. The van der Waals surface area contributed by atoms with Crippen LogP contribution in [0.15, 0.2) is 36.8 Å². The SMILES string of the molecule is COc1cc2ncc(-c3cn(-c4cc(C(=O)NC5CC5)c(F)cc4C)nn3)n2cc1N1C[C@H]2CN(C)C[C@H]2C1. The average Bonchev–Trinajstić information content (AvgIpc) is 3.24. The van der Waals surface area contributed by atoms with Crippen molar-refractivity contribution in [3.8, 4) is 22.8 Å². The third-order valence-corrected chi connectivity index (χ3v) is 8.26. The Kier molecular flexibility index (Phi) is 5.58. The molecule has 3 aliphatic rings. The summed E-state index contributed by atoms with van der Waals surface area (Å²) in [5.41, 5.74) is 4.44. The highest BCUT2D eigenvalue weighted by Crippen LogP contribution is 2.38. The topological polar surface area (TPSA) is 92.8 Å². The van der Waals surface area contributed by atoms with Gasteiger partial charge in [-0.1, -0.05) is 5.21 Å². The van der Waals surface area contributed by atoms with Gasteiger partial charge in [0.2, 0.25) is 0 Å². The van der Waals surface area contributed by atoms with E-state index in [4.69, 9.17) is 4.74 Å². The van der Waals surface area contributed by atoms with E-state index in [1.165, 1.54) is 6.07 Å². The Morgan fingerprint density at radius 3 is 2.56 bits per heavy atom. The minimum atomic E-state index is -0.546. The van der Waals surface area contributed by atoms with E-state index >= 15 is 0 Å². The van der Waals surface area contributed by atoms with Crippen LogP contribution in [0.4, 0.5) is 10.1 Å². The number of fused-ring (bicyclic) bond motifs is 2. The van der Waals surface area contributed by atoms with E-state index in [2.05, 4.69) is 43.7 Å². The number of hydrogen-bond acceptors (Lipinski definition) is 7. The van der Waals surface area contributed by atoms with Crippen LogP contribution >= 0.6 is 0 Å². The summed E-state index contributed by atoms with van der Waals surface area (Å²) in [7, 11) is 3.89. The highest BCUT2D eigenvalue weighted by molar-refractivity contribution is 5.95. The van der Waals surface area contributed by atoms with Crippen LogP contribution in [0, 0.1) is 24.6 Å². The van der Waals surface area contributed by atoms with Crippen molar-refractivity contribution in [3.63, 3.8) is 0 Å². The number of amides is 1. The Morgan fingerprint density at radius 1 is 1.08 bits per heavy atom. The molecule has 10 nitrogen and oxygen atoms in total. The van der Waals surface area contributed by atoms with Gasteiger partial charge < -0.3 is 19.9 Å². The molecule has 202 valence electrons. The Bertz CT molecular complexity index is 1580. The zero-order chi connectivity index (χ0) is 26.8. The Morgan fingerprint density at radius 2 is 1.85 bits per heavy atom. The van der Waals surface area contributed by atoms with Gasteiger partial charge in [-0.05, 0) is 56.3 Å². The lowest BCUT2D eigenvalue weighted by Crippen LogP contribution is -2.27. The monoisotopic (exact) mass is 530 g/mol. The molecular formula is C28H31FN8O2. The van der Waals surface area contributed by atoms with Gasteiger partial charge in [0.05, 0.1) is 42.1 Å². The number of pyridine rings is 1. The fourth-order valence-corrected chi connectivity index (χ4v) is 6.08. The number of aryl methyl sites for hydroxylation is 1. The van der Waals surface area contributed by atoms with Gasteiger partial charge in [-0.25, -0.2) is 14.1 Å². The molecule has 2 atom stereocenters. The normalized spacial score (nSPS) is 21.1. The molecule has 39 heavy (non-hydrogen) atoms. The molecule has 0 radical (unpaired) electrons. The number of benzene rings is 1. The van der Waals surface area contributed by atoms with Crippen molar-refractivity contribution in [3.05, 3.63) is 53.7 Å². The van der Waals surface area contributed by atoms with Crippen LogP contribution in [0.5, 0.6) is 5.75 Å². The first-order valence-electron chi connectivity index (χ1n) is 13.4. The number of nitrogens with one attached hydrogen (secondary N) is 1. The first kappa shape index (κ1) is 24.1. The fourth-order valence-electron chi connectivity index (χ4n) is 6.08. The second-order valence-corrected chi connectivity index (χ2v) is 11.2. The Balaban J connectivity index is 1.22. The number of halogens is 1. The first-order chi connectivity index (χ1) is 18.9. The van der Waals surface area contributed by atoms with E-state index < -0.39 is 11.7 Å². The molecule has 1 saturated carbocycles. The number of aromatic nitrogens is 5. The van der Waals surface area contributed by atoms with Crippen molar-refractivity contribution in [1.82, 2.24) is 34.6 Å². The second-order valence-electron chi connectivity index (χ2n) is 11.2. The van der Waals surface area contributed by atoms with Crippen LogP contribution in [0.2, 0.25) is 0 Å². The smallest absolute Gasteiger partial charge is 0.254 e. The number of methoxy groups -OCH3 is 1. The van der Waals surface area contributed by atoms with Crippen molar-refractivity contribution < 1.29 is 13.9 Å². The lowest BCUT2D eigenvalue weighted by molar-refractivity contribution is 0.0947. The second kappa shape index (κ2) is 9.04. The zero-order valence-electron chi connectivity index (χ0n) is 22.3. The number of carbonyl (C=O) groups excluding carboxylic acids is 1. The van der Waals surface area contributed by atoms with Crippen LogP contribution in [-0.4, -0.2) is 81.6 Å². The minimum absolute atomic E-state index is 0.00710. The van der Waals surface area contributed by atoms with Gasteiger partial charge in [-0.2, -0.15) is 0 Å². The molecule has 5 heterocycles. The summed E-state index contributed by atoms with van der Waals surface area (Å²) in [6.45, 7) is 6.03. The predicted octanol–water partition coefficient (Wildman–Crippen LogP) is 2.93. The fraction of sp³-hybridized carbons (Fsp3) is 0.429. The van der Waals surface area contributed by atoms with Crippen LogP contribution in [0.1, 0.15) is 28.8 Å². The van der Waals surface area contributed by atoms with E-state index in [1.807, 2.05) is 10.5 Å². The summed E-state index contributed by atoms with van der Waals surface area (Å²) in [5.74, 6) is 1.17. The molecule has 3 fully saturated rings. The third kappa shape index (κ3) is 4.21. The maximum Gasteiger partial charge on any atom is 0.254 e. The summed E-state index contributed by atoms with van der Waals surface area (Å²) >= 11 is 0.